The van der Waals surface area contributed by atoms with E-state index in [2.05, 4.69) is 30.4 Å². The Morgan fingerprint density at radius 2 is 1.44 bits per heavy atom. The number of hydrogen-bond acceptors (Lipinski definition) is 8. The zero-order valence-electron chi connectivity index (χ0n) is 8.22. The van der Waals surface area contributed by atoms with Crippen molar-refractivity contribution in [3.05, 3.63) is 24.6 Å². The molecule has 2 aromatic heterocycles. The summed E-state index contributed by atoms with van der Waals surface area (Å²) in [6.45, 7) is 1.04. The van der Waals surface area contributed by atoms with Crippen LogP contribution >= 0.6 is 0 Å². The van der Waals surface area contributed by atoms with Crippen molar-refractivity contribution in [1.29, 1.82) is 0 Å². The van der Waals surface area contributed by atoms with Crippen LogP contribution in [0.5, 0.6) is 0 Å². The molecule has 8 nitrogen and oxygen atoms in total. The molecule has 0 bridgehead atoms. The summed E-state index contributed by atoms with van der Waals surface area (Å²) in [6.07, 6.45) is 5.48. The Hall–Kier alpha value is -2.38. The largest absolute Gasteiger partial charge is 0.423 e. The van der Waals surface area contributed by atoms with Gasteiger partial charge >= 0.3 is 0 Å². The van der Waals surface area contributed by atoms with Crippen LogP contribution in [0, 0.1) is 0 Å². The van der Waals surface area contributed by atoms with Crippen molar-refractivity contribution in [1.82, 2.24) is 20.4 Å². The van der Waals surface area contributed by atoms with E-state index in [0.29, 0.717) is 24.9 Å². The minimum absolute atomic E-state index is 0.376. The van der Waals surface area contributed by atoms with Crippen LogP contribution in [-0.4, -0.2) is 45.9 Å². The molecule has 0 amide bonds. The maximum absolute atomic E-state index is 4.86. The number of aliphatic imine (C=N–C) groups is 2. The molecule has 0 aliphatic carbocycles. The normalized spacial score (nSPS) is 11.8. The Bertz CT molecular complexity index is 403. The third kappa shape index (κ3) is 3.08. The van der Waals surface area contributed by atoms with E-state index in [1.165, 1.54) is 25.2 Å². The van der Waals surface area contributed by atoms with E-state index in [-0.39, 0.29) is 0 Å². The maximum atomic E-state index is 4.86. The molecule has 0 fully saturated rings. The van der Waals surface area contributed by atoms with E-state index in [0.717, 1.165) is 0 Å². The molecule has 0 atom stereocenters. The van der Waals surface area contributed by atoms with Gasteiger partial charge in [-0.1, -0.05) is 0 Å². The monoisotopic (exact) mass is 220 g/mol. The molecule has 2 aromatic rings. The number of rotatable bonds is 5. The Kier molecular flexibility index (Phi) is 3.48. The van der Waals surface area contributed by atoms with Gasteiger partial charge in [0.05, 0.1) is 25.5 Å². The minimum atomic E-state index is 0.376. The molecule has 82 valence electrons. The highest BCUT2D eigenvalue weighted by Gasteiger charge is 1.91. The van der Waals surface area contributed by atoms with E-state index in [1.807, 2.05) is 0 Å². The van der Waals surface area contributed by atoms with Gasteiger partial charge in [-0.15, -0.1) is 20.4 Å². The van der Waals surface area contributed by atoms with Crippen LogP contribution in [0.2, 0.25) is 0 Å². The molecule has 0 radical (unpaired) electrons. The Labute approximate surface area is 90.1 Å². The van der Waals surface area contributed by atoms with Crippen LogP contribution in [0.3, 0.4) is 0 Å². The summed E-state index contributed by atoms with van der Waals surface area (Å²) in [7, 11) is 0. The molecule has 0 saturated heterocycles. The van der Waals surface area contributed by atoms with Crippen molar-refractivity contribution < 1.29 is 8.83 Å². The lowest BCUT2D eigenvalue weighted by atomic mass is 10.6. The van der Waals surface area contributed by atoms with E-state index in [4.69, 9.17) is 8.83 Å². The van der Waals surface area contributed by atoms with Crippen molar-refractivity contribution in [2.45, 2.75) is 0 Å². The van der Waals surface area contributed by atoms with Crippen LogP contribution in [-0.2, 0) is 0 Å². The summed E-state index contributed by atoms with van der Waals surface area (Å²) < 4.78 is 9.71. The smallest absolute Gasteiger partial charge is 0.258 e. The van der Waals surface area contributed by atoms with Crippen LogP contribution in [0.15, 0.2) is 31.6 Å². The first-order chi connectivity index (χ1) is 7.95. The second-order valence-corrected chi connectivity index (χ2v) is 2.62. The van der Waals surface area contributed by atoms with Crippen LogP contribution < -0.4 is 0 Å². The van der Waals surface area contributed by atoms with E-state index < -0.39 is 0 Å². The molecule has 0 aliphatic heterocycles. The summed E-state index contributed by atoms with van der Waals surface area (Å²) in [6, 6.07) is 0. The SMILES string of the molecule is C(=N\CC/N=C/c1nnco1)/c1nnco1. The molecule has 0 unspecified atom stereocenters. The highest BCUT2D eigenvalue weighted by atomic mass is 16.4. The van der Waals surface area contributed by atoms with Crippen molar-refractivity contribution in [2.75, 3.05) is 13.1 Å². The Morgan fingerprint density at radius 1 is 0.938 bits per heavy atom. The average Bonchev–Trinajstić information content (AvgIpc) is 2.96. The first-order valence-electron chi connectivity index (χ1n) is 4.47. The first kappa shape index (κ1) is 10.1. The third-order valence-electron chi connectivity index (χ3n) is 1.52. The predicted octanol–water partition coefficient (Wildman–Crippen LogP) is -0.00940. The first-order valence-corrected chi connectivity index (χ1v) is 4.47. The highest BCUT2D eigenvalue weighted by Crippen LogP contribution is 1.87. The van der Waals surface area contributed by atoms with Gasteiger partial charge in [-0.2, -0.15) is 0 Å². The number of aromatic nitrogens is 4. The van der Waals surface area contributed by atoms with Crippen molar-refractivity contribution in [2.24, 2.45) is 9.98 Å². The molecule has 2 rings (SSSR count). The van der Waals surface area contributed by atoms with Crippen molar-refractivity contribution in [3.8, 4) is 0 Å². The zero-order valence-corrected chi connectivity index (χ0v) is 8.22. The van der Waals surface area contributed by atoms with Gasteiger partial charge < -0.3 is 8.83 Å². The summed E-state index contributed by atoms with van der Waals surface area (Å²) in [5.41, 5.74) is 0. The van der Waals surface area contributed by atoms with Gasteiger partial charge in [0.15, 0.2) is 0 Å². The van der Waals surface area contributed by atoms with E-state index in [9.17, 15) is 0 Å². The van der Waals surface area contributed by atoms with Crippen molar-refractivity contribution in [3.63, 3.8) is 0 Å². The van der Waals surface area contributed by atoms with Gasteiger partial charge in [0.1, 0.15) is 0 Å². The molecule has 16 heavy (non-hydrogen) atoms. The van der Waals surface area contributed by atoms with Gasteiger partial charge in [0.25, 0.3) is 11.8 Å². The van der Waals surface area contributed by atoms with E-state index in [1.54, 1.807) is 0 Å². The molecular formula is C8H8N6O2. The second-order valence-electron chi connectivity index (χ2n) is 2.62. The lowest BCUT2D eigenvalue weighted by molar-refractivity contribution is 0.545. The van der Waals surface area contributed by atoms with Gasteiger partial charge in [-0.3, -0.25) is 9.98 Å². The quantitative estimate of drug-likeness (QED) is 0.518. The summed E-state index contributed by atoms with van der Waals surface area (Å²) in [4.78, 5) is 8.06. The van der Waals surface area contributed by atoms with Gasteiger partial charge in [-0.05, 0) is 0 Å². The summed E-state index contributed by atoms with van der Waals surface area (Å²) in [5, 5.41) is 14.3. The number of hydrogen-bond donors (Lipinski definition) is 0. The number of nitrogens with zero attached hydrogens (tertiary/aromatic N) is 6. The third-order valence-corrected chi connectivity index (χ3v) is 1.52. The minimum Gasteiger partial charge on any atom is -0.423 e. The van der Waals surface area contributed by atoms with E-state index >= 15 is 0 Å². The molecule has 0 saturated carbocycles. The lowest BCUT2D eigenvalue weighted by Crippen LogP contribution is -1.90. The zero-order chi connectivity index (χ0) is 11.1. The fraction of sp³-hybridized carbons (Fsp3) is 0.250. The molecule has 0 spiro atoms. The summed E-state index contributed by atoms with van der Waals surface area (Å²) >= 11 is 0. The molecule has 8 heteroatoms. The molecule has 0 aromatic carbocycles. The standard InChI is InChI=1S/C8H8N6O2/c1(9-3-7-13-11-5-15-7)2-10-4-8-14-12-6-16-8/h3-6H,1-2H2/b9-3+,10-4+. The topological polar surface area (TPSA) is 103 Å². The average molecular weight is 220 g/mol. The highest BCUT2D eigenvalue weighted by molar-refractivity contribution is 5.73. The fourth-order valence-electron chi connectivity index (χ4n) is 0.876. The molecular weight excluding hydrogens is 212 g/mol. The van der Waals surface area contributed by atoms with Gasteiger partial charge in [0, 0.05) is 0 Å². The molecule has 0 N–H and O–H groups in total. The van der Waals surface area contributed by atoms with Crippen LogP contribution in [0.4, 0.5) is 0 Å². The summed E-state index contributed by atoms with van der Waals surface area (Å²) in [5.74, 6) is 0.752. The molecule has 0 aliphatic rings. The molecule has 2 heterocycles. The lowest BCUT2D eigenvalue weighted by Gasteiger charge is -1.86. The predicted molar refractivity (Wildman–Crippen MR) is 53.5 cm³/mol. The van der Waals surface area contributed by atoms with Gasteiger partial charge in [0.2, 0.25) is 12.8 Å². The Morgan fingerprint density at radius 3 is 1.81 bits per heavy atom. The second kappa shape index (κ2) is 5.49. The Balaban J connectivity index is 1.69. The fourth-order valence-corrected chi connectivity index (χ4v) is 0.876. The van der Waals surface area contributed by atoms with Crippen molar-refractivity contribution >= 4 is 12.4 Å². The van der Waals surface area contributed by atoms with Gasteiger partial charge in [-0.25, -0.2) is 0 Å². The van der Waals surface area contributed by atoms with Crippen LogP contribution in [0.1, 0.15) is 11.8 Å². The maximum Gasteiger partial charge on any atom is 0.258 e. The van der Waals surface area contributed by atoms with Crippen LogP contribution in [0.25, 0.3) is 0 Å².